The molecular formula is C8H8N2O4. The Hall–Kier alpha value is -2.08. The SMILES string of the molecule is NC(=O)OC(=O)N(O)c1ccccc1. The summed E-state index contributed by atoms with van der Waals surface area (Å²) in [7, 11) is 0. The minimum Gasteiger partial charge on any atom is -0.358 e. The molecule has 1 aromatic rings. The lowest BCUT2D eigenvalue weighted by Gasteiger charge is -2.12. The van der Waals surface area contributed by atoms with E-state index in [9.17, 15) is 14.8 Å². The molecule has 0 radical (unpaired) electrons. The van der Waals surface area contributed by atoms with E-state index in [1.165, 1.54) is 12.1 Å². The minimum absolute atomic E-state index is 0.179. The number of primary amides is 1. The number of ether oxygens (including phenoxy) is 1. The number of benzene rings is 1. The predicted molar refractivity (Wildman–Crippen MR) is 46.8 cm³/mol. The second kappa shape index (κ2) is 4.24. The summed E-state index contributed by atoms with van der Waals surface area (Å²) < 4.78 is 3.94. The van der Waals surface area contributed by atoms with Crippen LogP contribution in [0.4, 0.5) is 15.3 Å². The number of carbonyl (C=O) groups excluding carboxylic acids is 2. The van der Waals surface area contributed by atoms with Gasteiger partial charge in [0.05, 0.1) is 5.69 Å². The van der Waals surface area contributed by atoms with Gasteiger partial charge in [0.15, 0.2) is 0 Å². The van der Waals surface area contributed by atoms with Crippen molar-refractivity contribution in [1.29, 1.82) is 0 Å². The van der Waals surface area contributed by atoms with Crippen molar-refractivity contribution < 1.29 is 19.5 Å². The first kappa shape index (κ1) is 10.0. The summed E-state index contributed by atoms with van der Waals surface area (Å²) in [6, 6.07) is 7.84. The maximum absolute atomic E-state index is 10.9. The minimum atomic E-state index is -1.27. The number of nitrogens with zero attached hydrogens (tertiary/aromatic N) is 1. The maximum atomic E-state index is 10.9. The average Bonchev–Trinajstić information content (AvgIpc) is 2.17. The van der Waals surface area contributed by atoms with E-state index in [4.69, 9.17) is 0 Å². The molecule has 14 heavy (non-hydrogen) atoms. The van der Waals surface area contributed by atoms with Crippen molar-refractivity contribution in [3.8, 4) is 0 Å². The predicted octanol–water partition coefficient (Wildman–Crippen LogP) is 1.10. The van der Waals surface area contributed by atoms with E-state index in [1.54, 1.807) is 18.2 Å². The molecule has 0 heterocycles. The molecule has 6 nitrogen and oxygen atoms in total. The molecule has 1 rings (SSSR count). The van der Waals surface area contributed by atoms with Gasteiger partial charge in [-0.25, -0.2) is 9.59 Å². The molecule has 0 aliphatic carbocycles. The Morgan fingerprint density at radius 3 is 2.36 bits per heavy atom. The van der Waals surface area contributed by atoms with E-state index in [1.807, 2.05) is 0 Å². The zero-order chi connectivity index (χ0) is 10.6. The van der Waals surface area contributed by atoms with Gasteiger partial charge in [-0.2, -0.15) is 5.06 Å². The molecule has 3 N–H and O–H groups in total. The summed E-state index contributed by atoms with van der Waals surface area (Å²) >= 11 is 0. The molecule has 0 aliphatic heterocycles. The smallest absolute Gasteiger partial charge is 0.358 e. The van der Waals surface area contributed by atoms with Gasteiger partial charge in [-0.1, -0.05) is 18.2 Å². The highest BCUT2D eigenvalue weighted by Crippen LogP contribution is 2.11. The number of hydrogen-bond acceptors (Lipinski definition) is 4. The lowest BCUT2D eigenvalue weighted by Crippen LogP contribution is -2.31. The number of amides is 2. The fourth-order valence-corrected chi connectivity index (χ4v) is 0.804. The summed E-state index contributed by atoms with van der Waals surface area (Å²) in [6.45, 7) is 0. The monoisotopic (exact) mass is 196 g/mol. The van der Waals surface area contributed by atoms with Crippen molar-refractivity contribution in [2.24, 2.45) is 5.73 Å². The van der Waals surface area contributed by atoms with Gasteiger partial charge >= 0.3 is 12.2 Å². The van der Waals surface area contributed by atoms with Gasteiger partial charge in [-0.3, -0.25) is 5.21 Å². The highest BCUT2D eigenvalue weighted by atomic mass is 16.7. The Balaban J connectivity index is 2.71. The van der Waals surface area contributed by atoms with Gasteiger partial charge in [-0.15, -0.1) is 0 Å². The normalized spacial score (nSPS) is 9.21. The van der Waals surface area contributed by atoms with E-state index >= 15 is 0 Å². The highest BCUT2D eigenvalue weighted by Gasteiger charge is 2.16. The van der Waals surface area contributed by atoms with Crippen LogP contribution in [0.3, 0.4) is 0 Å². The van der Waals surface area contributed by atoms with E-state index in [-0.39, 0.29) is 10.8 Å². The number of rotatable bonds is 1. The average molecular weight is 196 g/mol. The molecule has 0 bridgehead atoms. The Morgan fingerprint density at radius 1 is 1.29 bits per heavy atom. The zero-order valence-corrected chi connectivity index (χ0v) is 7.08. The van der Waals surface area contributed by atoms with Crippen LogP contribution >= 0.6 is 0 Å². The van der Waals surface area contributed by atoms with E-state index in [0.717, 1.165) is 0 Å². The third-order valence-corrected chi connectivity index (χ3v) is 1.36. The quantitative estimate of drug-likeness (QED) is 0.399. The Morgan fingerprint density at radius 2 is 1.86 bits per heavy atom. The second-order valence-electron chi connectivity index (χ2n) is 2.33. The van der Waals surface area contributed by atoms with Gasteiger partial charge in [0.2, 0.25) is 0 Å². The van der Waals surface area contributed by atoms with E-state index < -0.39 is 12.2 Å². The standard InChI is InChI=1S/C8H8N2O4/c9-7(11)14-8(12)10(13)6-4-2-1-3-5-6/h1-5,13H,(H2,9,11). The highest BCUT2D eigenvalue weighted by molar-refractivity contribution is 5.92. The molecule has 0 unspecified atom stereocenters. The molecule has 0 aliphatic rings. The molecule has 0 atom stereocenters. The number of nitrogens with two attached hydrogens (primary N) is 1. The summed E-state index contributed by atoms with van der Waals surface area (Å²) in [5, 5.41) is 9.37. The largest absolute Gasteiger partial charge is 0.447 e. The van der Waals surface area contributed by atoms with E-state index in [0.29, 0.717) is 0 Å². The number of para-hydroxylation sites is 1. The number of hydroxylamine groups is 1. The summed E-state index contributed by atoms with van der Waals surface area (Å²) in [5.41, 5.74) is 4.77. The first-order valence-corrected chi connectivity index (χ1v) is 3.66. The van der Waals surface area contributed by atoms with Crippen LogP contribution in [0.25, 0.3) is 0 Å². The molecule has 0 spiro atoms. The second-order valence-corrected chi connectivity index (χ2v) is 2.33. The third kappa shape index (κ3) is 2.46. The molecule has 0 fully saturated rings. The molecular weight excluding hydrogens is 188 g/mol. The lowest BCUT2D eigenvalue weighted by atomic mass is 10.3. The number of anilines is 1. The van der Waals surface area contributed by atoms with Gasteiger partial charge in [-0.05, 0) is 12.1 Å². The lowest BCUT2D eigenvalue weighted by molar-refractivity contribution is 0.136. The van der Waals surface area contributed by atoms with Crippen LogP contribution in [-0.4, -0.2) is 17.4 Å². The van der Waals surface area contributed by atoms with Crippen molar-refractivity contribution in [1.82, 2.24) is 0 Å². The first-order valence-electron chi connectivity index (χ1n) is 3.66. The molecule has 6 heteroatoms. The first-order chi connectivity index (χ1) is 6.61. The van der Waals surface area contributed by atoms with Crippen LogP contribution in [-0.2, 0) is 4.74 Å². The Bertz CT molecular complexity index is 338. The summed E-state index contributed by atoms with van der Waals surface area (Å²) in [4.78, 5) is 21.1. The van der Waals surface area contributed by atoms with Crippen molar-refractivity contribution in [3.05, 3.63) is 30.3 Å². The van der Waals surface area contributed by atoms with Crippen molar-refractivity contribution in [2.45, 2.75) is 0 Å². The zero-order valence-electron chi connectivity index (χ0n) is 7.08. The van der Waals surface area contributed by atoms with Crippen LogP contribution in [0.5, 0.6) is 0 Å². The molecule has 1 aromatic carbocycles. The van der Waals surface area contributed by atoms with Gasteiger partial charge in [0.1, 0.15) is 0 Å². The van der Waals surface area contributed by atoms with Crippen molar-refractivity contribution >= 4 is 17.9 Å². The van der Waals surface area contributed by atoms with Crippen LogP contribution in [0.1, 0.15) is 0 Å². The van der Waals surface area contributed by atoms with Crippen LogP contribution in [0.2, 0.25) is 0 Å². The Kier molecular flexibility index (Phi) is 3.03. The topological polar surface area (TPSA) is 92.9 Å². The fourth-order valence-electron chi connectivity index (χ4n) is 0.804. The van der Waals surface area contributed by atoms with Crippen molar-refractivity contribution in [2.75, 3.05) is 5.06 Å². The Labute approximate surface area is 79.4 Å². The van der Waals surface area contributed by atoms with Gasteiger partial charge in [0, 0.05) is 0 Å². The molecule has 0 aromatic heterocycles. The summed E-state index contributed by atoms with van der Waals surface area (Å²) in [5.74, 6) is 0. The number of hydrogen-bond donors (Lipinski definition) is 2. The maximum Gasteiger partial charge on any atom is 0.447 e. The third-order valence-electron chi connectivity index (χ3n) is 1.36. The van der Waals surface area contributed by atoms with Crippen LogP contribution < -0.4 is 10.8 Å². The molecule has 0 saturated heterocycles. The molecule has 2 amide bonds. The molecule has 0 saturated carbocycles. The van der Waals surface area contributed by atoms with Crippen LogP contribution in [0.15, 0.2) is 30.3 Å². The fraction of sp³-hybridized carbons (Fsp3) is 0. The van der Waals surface area contributed by atoms with Crippen molar-refractivity contribution in [3.63, 3.8) is 0 Å². The van der Waals surface area contributed by atoms with Gasteiger partial charge in [0.25, 0.3) is 0 Å². The molecule has 74 valence electrons. The van der Waals surface area contributed by atoms with Gasteiger partial charge < -0.3 is 10.5 Å². The summed E-state index contributed by atoms with van der Waals surface area (Å²) in [6.07, 6.45) is -2.52. The van der Waals surface area contributed by atoms with E-state index in [2.05, 4.69) is 10.5 Å². The van der Waals surface area contributed by atoms with Crippen LogP contribution in [0, 0.1) is 0 Å². The number of carbonyl (C=O) groups is 2.